The van der Waals surface area contributed by atoms with Crippen LogP contribution in [0.2, 0.25) is 5.02 Å². The molecule has 1 aliphatic rings. The molecule has 1 N–H and O–H groups in total. The maximum Gasteiger partial charge on any atom is 0.264 e. The van der Waals surface area contributed by atoms with Gasteiger partial charge in [-0.05, 0) is 86.7 Å². The summed E-state index contributed by atoms with van der Waals surface area (Å²) in [5, 5.41) is 3.57. The van der Waals surface area contributed by atoms with Crippen molar-refractivity contribution in [2.24, 2.45) is 0 Å². The first-order valence-corrected chi connectivity index (χ1v) is 17.2. The molecule has 0 aliphatic heterocycles. The Morgan fingerprint density at radius 2 is 1.59 bits per heavy atom. The van der Waals surface area contributed by atoms with Crippen LogP contribution in [0.4, 0.5) is 5.69 Å². The summed E-state index contributed by atoms with van der Waals surface area (Å²) in [5.41, 5.74) is 1.32. The number of rotatable bonds is 14. The van der Waals surface area contributed by atoms with Gasteiger partial charge in [-0.1, -0.05) is 68.1 Å². The molecule has 0 saturated heterocycles. The first-order chi connectivity index (χ1) is 21.2. The van der Waals surface area contributed by atoms with Crippen molar-refractivity contribution in [2.75, 3.05) is 24.0 Å². The van der Waals surface area contributed by atoms with Crippen LogP contribution in [0.25, 0.3) is 0 Å². The number of benzene rings is 3. The lowest BCUT2D eigenvalue weighted by Crippen LogP contribution is -2.54. The molecule has 0 spiro atoms. The minimum absolute atomic E-state index is 0.00139. The molecule has 2 amide bonds. The van der Waals surface area contributed by atoms with Crippen LogP contribution in [0.3, 0.4) is 0 Å². The average Bonchev–Trinajstić information content (AvgIpc) is 3.03. The largest absolute Gasteiger partial charge is 0.494 e. The van der Waals surface area contributed by atoms with Crippen LogP contribution in [0.5, 0.6) is 5.75 Å². The average molecular weight is 640 g/mol. The lowest BCUT2D eigenvalue weighted by atomic mass is 9.95. The molecule has 1 aliphatic carbocycles. The first-order valence-electron chi connectivity index (χ1n) is 15.4. The Balaban J connectivity index is 1.67. The molecule has 10 heteroatoms. The van der Waals surface area contributed by atoms with Gasteiger partial charge in [0.05, 0.1) is 17.2 Å². The lowest BCUT2D eigenvalue weighted by Gasteiger charge is -2.34. The second kappa shape index (κ2) is 16.0. The minimum atomic E-state index is -4.18. The van der Waals surface area contributed by atoms with Crippen molar-refractivity contribution in [3.63, 3.8) is 0 Å². The second-order valence-corrected chi connectivity index (χ2v) is 13.3. The standard InChI is InChI=1S/C34H42ClN3O5S/c1-3-32(34(40)36-28-13-9-6-10-14-28)37(24-23-26-11-7-5-8-12-26)33(39)25-38(29-17-19-30(20-18-29)43-4-2)44(41,42)31-21-15-27(35)16-22-31/h5,7-8,11-12,15-22,28,32H,3-4,6,9-10,13-14,23-25H2,1-2H3,(H,36,40)/t32-/m0/s1. The zero-order valence-electron chi connectivity index (χ0n) is 25.5. The molecular weight excluding hydrogens is 598 g/mol. The van der Waals surface area contributed by atoms with E-state index in [2.05, 4.69) is 5.32 Å². The van der Waals surface area contributed by atoms with E-state index in [0.717, 1.165) is 42.0 Å². The highest BCUT2D eigenvalue weighted by Gasteiger charge is 2.34. The third-order valence-corrected chi connectivity index (χ3v) is 9.98. The van der Waals surface area contributed by atoms with Gasteiger partial charge in [0, 0.05) is 17.6 Å². The molecule has 3 aromatic carbocycles. The second-order valence-electron chi connectivity index (χ2n) is 11.0. The summed E-state index contributed by atoms with van der Waals surface area (Å²) in [5.74, 6) is -0.0756. The smallest absolute Gasteiger partial charge is 0.264 e. The van der Waals surface area contributed by atoms with E-state index in [1.807, 2.05) is 44.2 Å². The van der Waals surface area contributed by atoms with Crippen LogP contribution in [-0.2, 0) is 26.0 Å². The topological polar surface area (TPSA) is 96.0 Å². The number of nitrogens with one attached hydrogen (secondary N) is 1. The Morgan fingerprint density at radius 1 is 0.932 bits per heavy atom. The molecule has 236 valence electrons. The summed E-state index contributed by atoms with van der Waals surface area (Å²) in [4.78, 5) is 29.4. The van der Waals surface area contributed by atoms with Gasteiger partial charge in [-0.25, -0.2) is 8.42 Å². The molecule has 8 nitrogen and oxygen atoms in total. The van der Waals surface area contributed by atoms with Crippen molar-refractivity contribution in [3.05, 3.63) is 89.4 Å². The molecule has 4 rings (SSSR count). The number of halogens is 1. The van der Waals surface area contributed by atoms with Gasteiger partial charge in [0.1, 0.15) is 18.3 Å². The number of carbonyl (C=O) groups is 2. The Hall–Kier alpha value is -3.56. The van der Waals surface area contributed by atoms with Gasteiger partial charge in [0.2, 0.25) is 11.8 Å². The number of amides is 2. The highest BCUT2D eigenvalue weighted by atomic mass is 35.5. The quantitative estimate of drug-likeness (QED) is 0.226. The zero-order chi connectivity index (χ0) is 31.5. The Kier molecular flexibility index (Phi) is 12.1. The number of sulfonamides is 1. The van der Waals surface area contributed by atoms with E-state index < -0.39 is 28.5 Å². The number of ether oxygens (including phenoxy) is 1. The van der Waals surface area contributed by atoms with Gasteiger partial charge in [-0.15, -0.1) is 0 Å². The molecule has 44 heavy (non-hydrogen) atoms. The summed E-state index contributed by atoms with van der Waals surface area (Å²) < 4.78 is 34.7. The maximum atomic E-state index is 14.2. The Morgan fingerprint density at radius 3 is 2.20 bits per heavy atom. The van der Waals surface area contributed by atoms with Crippen LogP contribution in [0, 0.1) is 0 Å². The molecule has 1 atom stereocenters. The van der Waals surface area contributed by atoms with Crippen molar-refractivity contribution < 1.29 is 22.7 Å². The molecule has 3 aromatic rings. The van der Waals surface area contributed by atoms with E-state index >= 15 is 0 Å². The molecule has 0 heterocycles. The minimum Gasteiger partial charge on any atom is -0.494 e. The van der Waals surface area contributed by atoms with Crippen molar-refractivity contribution in [1.82, 2.24) is 10.2 Å². The molecule has 0 bridgehead atoms. The van der Waals surface area contributed by atoms with Crippen molar-refractivity contribution in [3.8, 4) is 5.75 Å². The fourth-order valence-electron chi connectivity index (χ4n) is 5.58. The molecule has 1 saturated carbocycles. The number of hydrogen-bond acceptors (Lipinski definition) is 5. The van der Waals surface area contributed by atoms with Crippen molar-refractivity contribution >= 4 is 39.1 Å². The van der Waals surface area contributed by atoms with E-state index in [-0.39, 0.29) is 23.4 Å². The summed E-state index contributed by atoms with van der Waals surface area (Å²) in [6.45, 7) is 3.98. The van der Waals surface area contributed by atoms with E-state index in [1.54, 1.807) is 29.2 Å². The van der Waals surface area contributed by atoms with Crippen LogP contribution in [0.1, 0.15) is 57.9 Å². The summed E-state index contributed by atoms with van der Waals surface area (Å²) in [7, 11) is -4.18. The van der Waals surface area contributed by atoms with Gasteiger partial charge in [0.15, 0.2) is 0 Å². The van der Waals surface area contributed by atoms with Crippen LogP contribution < -0.4 is 14.4 Å². The fraction of sp³-hybridized carbons (Fsp3) is 0.412. The predicted octanol–water partition coefficient (Wildman–Crippen LogP) is 6.23. The van der Waals surface area contributed by atoms with Gasteiger partial charge >= 0.3 is 0 Å². The third kappa shape index (κ3) is 8.76. The predicted molar refractivity (Wildman–Crippen MR) is 175 cm³/mol. The first kappa shape index (κ1) is 33.3. The normalized spacial score (nSPS) is 14.4. The lowest BCUT2D eigenvalue weighted by molar-refractivity contribution is -0.140. The van der Waals surface area contributed by atoms with Crippen LogP contribution in [0.15, 0.2) is 83.8 Å². The zero-order valence-corrected chi connectivity index (χ0v) is 27.0. The maximum absolute atomic E-state index is 14.2. The number of anilines is 1. The third-order valence-electron chi connectivity index (χ3n) is 7.94. The highest BCUT2D eigenvalue weighted by molar-refractivity contribution is 7.92. The van der Waals surface area contributed by atoms with Gasteiger partial charge in [-0.2, -0.15) is 0 Å². The number of carbonyl (C=O) groups excluding carboxylic acids is 2. The SMILES string of the molecule is CCOc1ccc(N(CC(=O)N(CCc2ccccc2)[C@@H](CC)C(=O)NC2CCCCC2)S(=O)(=O)c2ccc(Cl)cc2)cc1. The van der Waals surface area contributed by atoms with Gasteiger partial charge in [-0.3, -0.25) is 13.9 Å². The highest BCUT2D eigenvalue weighted by Crippen LogP contribution is 2.27. The van der Waals surface area contributed by atoms with E-state index in [1.165, 1.54) is 24.3 Å². The van der Waals surface area contributed by atoms with Crippen LogP contribution in [-0.4, -0.2) is 56.9 Å². The number of hydrogen-bond donors (Lipinski definition) is 1. The molecule has 1 fully saturated rings. The fourth-order valence-corrected chi connectivity index (χ4v) is 7.12. The molecule has 0 radical (unpaired) electrons. The van der Waals surface area contributed by atoms with E-state index in [4.69, 9.17) is 16.3 Å². The monoisotopic (exact) mass is 639 g/mol. The van der Waals surface area contributed by atoms with Crippen molar-refractivity contribution in [1.29, 1.82) is 0 Å². The molecule has 0 aromatic heterocycles. The Bertz CT molecular complexity index is 1460. The summed E-state index contributed by atoms with van der Waals surface area (Å²) in [6, 6.07) is 21.5. The summed E-state index contributed by atoms with van der Waals surface area (Å²) in [6.07, 6.45) is 6.06. The van der Waals surface area contributed by atoms with E-state index in [0.29, 0.717) is 35.9 Å². The number of nitrogens with zero attached hydrogens (tertiary/aromatic N) is 2. The van der Waals surface area contributed by atoms with Crippen molar-refractivity contribution in [2.45, 2.75) is 75.8 Å². The van der Waals surface area contributed by atoms with Gasteiger partial charge in [0.25, 0.3) is 10.0 Å². The Labute approximate surface area is 266 Å². The summed E-state index contributed by atoms with van der Waals surface area (Å²) >= 11 is 6.05. The van der Waals surface area contributed by atoms with Crippen LogP contribution >= 0.6 is 11.6 Å². The van der Waals surface area contributed by atoms with E-state index in [9.17, 15) is 18.0 Å². The van der Waals surface area contributed by atoms with Gasteiger partial charge < -0.3 is 15.0 Å². The molecular formula is C34H42ClN3O5S. The molecule has 0 unspecified atom stereocenters.